The number of nitrogens with two attached hydrogens (primary N) is 1. The van der Waals surface area contributed by atoms with E-state index < -0.39 is 16.6 Å². The smallest absolute Gasteiger partial charge is 0.125 e. The van der Waals surface area contributed by atoms with Crippen LogP contribution in [0, 0.1) is 17.1 Å². The van der Waals surface area contributed by atoms with E-state index >= 15 is 0 Å². The number of hydrogen-bond acceptors (Lipinski definition) is 3. The first-order valence-electron chi connectivity index (χ1n) is 4.45. The van der Waals surface area contributed by atoms with Gasteiger partial charge in [0.15, 0.2) is 0 Å². The predicted octanol–water partition coefficient (Wildman–Crippen LogP) is 1.82. The van der Waals surface area contributed by atoms with Crippen molar-refractivity contribution in [1.82, 2.24) is 0 Å². The van der Waals surface area contributed by atoms with Crippen molar-refractivity contribution < 1.29 is 8.60 Å². The summed E-state index contributed by atoms with van der Waals surface area (Å²) in [6.07, 6.45) is 0.923. The van der Waals surface area contributed by atoms with Gasteiger partial charge in [0.05, 0.1) is 27.5 Å². The summed E-state index contributed by atoms with van der Waals surface area (Å²) in [6.45, 7) is 0. The third-order valence-corrected chi connectivity index (χ3v) is 3.36. The standard InChI is InChI=1S/C10H11FN2OS/c11-8-3-4-10(9(13)7-8)15(14)6-2-1-5-12/h3-4,7H,1-2,6,13H2. The molecule has 0 amide bonds. The van der Waals surface area contributed by atoms with Crippen LogP contribution in [0.15, 0.2) is 23.1 Å². The maximum absolute atomic E-state index is 12.7. The van der Waals surface area contributed by atoms with Crippen LogP contribution in [0.25, 0.3) is 0 Å². The van der Waals surface area contributed by atoms with Gasteiger partial charge in [0.25, 0.3) is 0 Å². The minimum atomic E-state index is -1.25. The Labute approximate surface area is 90.2 Å². The molecule has 5 heteroatoms. The molecule has 3 nitrogen and oxygen atoms in total. The Hall–Kier alpha value is -1.41. The number of anilines is 1. The fourth-order valence-corrected chi connectivity index (χ4v) is 2.29. The molecule has 0 aliphatic carbocycles. The Morgan fingerprint density at radius 1 is 1.53 bits per heavy atom. The van der Waals surface area contributed by atoms with Crippen LogP contribution in [0.4, 0.5) is 10.1 Å². The number of benzene rings is 1. The number of halogens is 1. The maximum atomic E-state index is 12.7. The number of rotatable bonds is 4. The molecule has 0 aliphatic rings. The summed E-state index contributed by atoms with van der Waals surface area (Å²) in [4.78, 5) is 0.439. The zero-order valence-electron chi connectivity index (χ0n) is 8.07. The Balaban J connectivity index is 2.70. The van der Waals surface area contributed by atoms with E-state index in [2.05, 4.69) is 0 Å². The summed E-state index contributed by atoms with van der Waals surface area (Å²) in [5, 5.41) is 8.32. The summed E-state index contributed by atoms with van der Waals surface area (Å²) >= 11 is 0. The zero-order valence-corrected chi connectivity index (χ0v) is 8.89. The lowest BCUT2D eigenvalue weighted by atomic mass is 10.3. The molecule has 1 aromatic rings. The Morgan fingerprint density at radius 2 is 2.27 bits per heavy atom. The minimum absolute atomic E-state index is 0.199. The quantitative estimate of drug-likeness (QED) is 0.629. The van der Waals surface area contributed by atoms with E-state index in [9.17, 15) is 8.60 Å². The van der Waals surface area contributed by atoms with E-state index in [0.29, 0.717) is 23.5 Å². The van der Waals surface area contributed by atoms with Gasteiger partial charge in [0.1, 0.15) is 5.82 Å². The van der Waals surface area contributed by atoms with Crippen LogP contribution in [0.2, 0.25) is 0 Å². The predicted molar refractivity (Wildman–Crippen MR) is 56.9 cm³/mol. The molecule has 2 N–H and O–H groups in total. The second-order valence-corrected chi connectivity index (χ2v) is 4.53. The average Bonchev–Trinajstić information content (AvgIpc) is 2.17. The van der Waals surface area contributed by atoms with Gasteiger partial charge >= 0.3 is 0 Å². The molecule has 1 atom stereocenters. The molecule has 0 aliphatic heterocycles. The van der Waals surface area contributed by atoms with Crippen LogP contribution in [0.1, 0.15) is 12.8 Å². The lowest BCUT2D eigenvalue weighted by molar-refractivity contribution is 0.627. The fraction of sp³-hybridized carbons (Fsp3) is 0.300. The Kier molecular flexibility index (Phi) is 4.25. The van der Waals surface area contributed by atoms with Crippen LogP contribution in [0.5, 0.6) is 0 Å². The molecule has 0 saturated carbocycles. The molecule has 0 aromatic heterocycles. The van der Waals surface area contributed by atoms with Gasteiger partial charge in [0.2, 0.25) is 0 Å². The molecule has 0 radical (unpaired) electrons. The second kappa shape index (κ2) is 5.47. The van der Waals surface area contributed by atoms with E-state index in [1.807, 2.05) is 6.07 Å². The zero-order chi connectivity index (χ0) is 11.3. The molecule has 15 heavy (non-hydrogen) atoms. The van der Waals surface area contributed by atoms with Gasteiger partial charge in [-0.15, -0.1) is 0 Å². The maximum Gasteiger partial charge on any atom is 0.125 e. The van der Waals surface area contributed by atoms with Gasteiger partial charge in [-0.2, -0.15) is 5.26 Å². The molecular weight excluding hydrogens is 215 g/mol. The highest BCUT2D eigenvalue weighted by molar-refractivity contribution is 7.85. The Bertz CT molecular complexity index is 414. The summed E-state index contributed by atoms with van der Waals surface area (Å²) in [6, 6.07) is 5.78. The number of nitriles is 1. The van der Waals surface area contributed by atoms with Gasteiger partial charge in [-0.25, -0.2) is 4.39 Å². The SMILES string of the molecule is N#CCCCS(=O)c1ccc(F)cc1N. The highest BCUT2D eigenvalue weighted by Gasteiger charge is 2.08. The van der Waals surface area contributed by atoms with Crippen LogP contribution in [0.3, 0.4) is 0 Å². The molecule has 1 unspecified atom stereocenters. The highest BCUT2D eigenvalue weighted by Crippen LogP contribution is 2.18. The van der Waals surface area contributed by atoms with Crippen LogP contribution in [-0.4, -0.2) is 9.96 Å². The summed E-state index contributed by atoms with van der Waals surface area (Å²) in [5.41, 5.74) is 5.73. The molecule has 0 heterocycles. The van der Waals surface area contributed by atoms with Crippen molar-refractivity contribution in [2.75, 3.05) is 11.5 Å². The van der Waals surface area contributed by atoms with Crippen molar-refractivity contribution >= 4 is 16.5 Å². The van der Waals surface area contributed by atoms with Gasteiger partial charge in [-0.1, -0.05) is 0 Å². The largest absolute Gasteiger partial charge is 0.398 e. The number of nitrogens with zero attached hydrogens (tertiary/aromatic N) is 1. The van der Waals surface area contributed by atoms with E-state index in [1.54, 1.807) is 0 Å². The van der Waals surface area contributed by atoms with E-state index in [0.717, 1.165) is 6.07 Å². The van der Waals surface area contributed by atoms with Crippen LogP contribution >= 0.6 is 0 Å². The van der Waals surface area contributed by atoms with Gasteiger partial charge in [-0.3, -0.25) is 4.21 Å². The molecule has 0 spiro atoms. The summed E-state index contributed by atoms with van der Waals surface area (Å²) in [5.74, 6) is -0.0612. The molecule has 1 rings (SSSR count). The van der Waals surface area contributed by atoms with E-state index in [-0.39, 0.29) is 5.69 Å². The van der Waals surface area contributed by atoms with E-state index in [1.165, 1.54) is 12.1 Å². The second-order valence-electron chi connectivity index (χ2n) is 2.99. The first-order chi connectivity index (χ1) is 7.15. The lowest BCUT2D eigenvalue weighted by Gasteiger charge is -2.04. The van der Waals surface area contributed by atoms with Crippen molar-refractivity contribution in [3.8, 4) is 6.07 Å². The summed E-state index contributed by atoms with van der Waals surface area (Å²) < 4.78 is 24.3. The van der Waals surface area contributed by atoms with Crippen molar-refractivity contribution in [3.63, 3.8) is 0 Å². The summed E-state index contributed by atoms with van der Waals surface area (Å²) in [7, 11) is -1.25. The number of hydrogen-bond donors (Lipinski definition) is 1. The van der Waals surface area contributed by atoms with Gasteiger partial charge in [0, 0.05) is 12.2 Å². The van der Waals surface area contributed by atoms with E-state index in [4.69, 9.17) is 11.0 Å². The van der Waals surface area contributed by atoms with Crippen molar-refractivity contribution in [1.29, 1.82) is 5.26 Å². The van der Waals surface area contributed by atoms with Crippen molar-refractivity contribution in [2.24, 2.45) is 0 Å². The minimum Gasteiger partial charge on any atom is -0.398 e. The number of unbranched alkanes of at least 4 members (excludes halogenated alkanes) is 1. The van der Waals surface area contributed by atoms with Gasteiger partial charge < -0.3 is 5.73 Å². The van der Waals surface area contributed by atoms with Crippen molar-refractivity contribution in [3.05, 3.63) is 24.0 Å². The lowest BCUT2D eigenvalue weighted by Crippen LogP contribution is -2.02. The normalized spacial score (nSPS) is 12.0. The molecule has 0 fully saturated rings. The van der Waals surface area contributed by atoms with Crippen molar-refractivity contribution in [2.45, 2.75) is 17.7 Å². The fourth-order valence-electron chi connectivity index (χ4n) is 1.12. The average molecular weight is 226 g/mol. The molecule has 0 bridgehead atoms. The first kappa shape index (κ1) is 11.7. The molecule has 0 saturated heterocycles. The monoisotopic (exact) mass is 226 g/mol. The van der Waals surface area contributed by atoms with Crippen LogP contribution in [-0.2, 0) is 10.8 Å². The molecular formula is C10H11FN2OS. The molecule has 1 aromatic carbocycles. The molecule has 80 valence electrons. The topological polar surface area (TPSA) is 66.9 Å². The number of nitrogen functional groups attached to an aromatic ring is 1. The van der Waals surface area contributed by atoms with Crippen LogP contribution < -0.4 is 5.73 Å². The highest BCUT2D eigenvalue weighted by atomic mass is 32.2. The first-order valence-corrected chi connectivity index (χ1v) is 5.77. The third kappa shape index (κ3) is 3.33. The van der Waals surface area contributed by atoms with Gasteiger partial charge in [-0.05, 0) is 24.6 Å². The Morgan fingerprint density at radius 3 is 2.87 bits per heavy atom. The third-order valence-electron chi connectivity index (χ3n) is 1.84.